The van der Waals surface area contributed by atoms with Gasteiger partial charge in [0.15, 0.2) is 17.8 Å². The van der Waals surface area contributed by atoms with E-state index in [1.165, 1.54) is 0 Å². The largest absolute Gasteiger partial charge is 0.388 e. The molecule has 1 saturated carbocycles. The van der Waals surface area contributed by atoms with E-state index in [-0.39, 0.29) is 18.2 Å². The molecule has 2 fully saturated rings. The Balaban J connectivity index is 1.48. The molecule has 3 aromatic rings. The fourth-order valence-corrected chi connectivity index (χ4v) is 4.82. The van der Waals surface area contributed by atoms with Gasteiger partial charge in [0, 0.05) is 11.6 Å². The van der Waals surface area contributed by atoms with Crippen molar-refractivity contribution in [3.8, 4) is 6.19 Å². The number of likely N-dealkylation sites (tertiary alicyclic amines) is 1. The van der Waals surface area contributed by atoms with E-state index in [1.807, 2.05) is 47.0 Å². The lowest BCUT2D eigenvalue weighted by Gasteiger charge is -2.28. The summed E-state index contributed by atoms with van der Waals surface area (Å²) in [6.45, 7) is 1.07. The first-order chi connectivity index (χ1) is 16.6. The molecule has 8 nitrogen and oxygen atoms in total. The van der Waals surface area contributed by atoms with Gasteiger partial charge in [0.1, 0.15) is 6.61 Å². The Morgan fingerprint density at radius 2 is 1.94 bits per heavy atom. The quantitative estimate of drug-likeness (QED) is 0.244. The van der Waals surface area contributed by atoms with E-state index >= 15 is 0 Å². The van der Waals surface area contributed by atoms with Crippen LogP contribution in [0.2, 0.25) is 5.02 Å². The van der Waals surface area contributed by atoms with Gasteiger partial charge in [-0.3, -0.25) is 5.32 Å². The van der Waals surface area contributed by atoms with Crippen LogP contribution in [0.1, 0.15) is 54.5 Å². The number of rotatable bonds is 6. The summed E-state index contributed by atoms with van der Waals surface area (Å²) in [5, 5.41) is 31.7. The number of guanidine groups is 1. The molecule has 174 valence electrons. The number of aliphatic hydroxyl groups excluding tert-OH is 1. The minimum Gasteiger partial charge on any atom is -0.388 e. The zero-order chi connectivity index (χ0) is 23.5. The van der Waals surface area contributed by atoms with Crippen LogP contribution in [0.5, 0.6) is 0 Å². The Morgan fingerprint density at radius 1 is 1.18 bits per heavy atom. The van der Waals surface area contributed by atoms with Crippen LogP contribution in [0, 0.1) is 11.5 Å². The lowest BCUT2D eigenvalue weighted by atomic mass is 10.1. The number of nitriles is 1. The topological polar surface area (TPSA) is 102 Å². The smallest absolute Gasteiger partial charge is 0.208 e. The number of aliphatic imine (C=N–C) groups is 1. The van der Waals surface area contributed by atoms with Gasteiger partial charge >= 0.3 is 0 Å². The minimum absolute atomic E-state index is 0.105. The summed E-state index contributed by atoms with van der Waals surface area (Å²) < 4.78 is 1.96. The highest BCUT2D eigenvalue weighted by molar-refractivity contribution is 6.30. The molecule has 1 aromatic heterocycles. The van der Waals surface area contributed by atoms with Gasteiger partial charge in [-0.05, 0) is 48.9 Å². The summed E-state index contributed by atoms with van der Waals surface area (Å²) in [5.74, 6) is 1.83. The van der Waals surface area contributed by atoms with Crippen LogP contribution < -0.4 is 5.32 Å². The molecule has 9 heteroatoms. The van der Waals surface area contributed by atoms with Crippen molar-refractivity contribution in [1.82, 2.24) is 25.0 Å². The number of hydrogen-bond donors (Lipinski definition) is 2. The molecule has 0 spiro atoms. The Bertz CT molecular complexity index is 1210. The van der Waals surface area contributed by atoms with Gasteiger partial charge in [-0.15, -0.1) is 10.2 Å². The summed E-state index contributed by atoms with van der Waals surface area (Å²) in [7, 11) is 0. The lowest BCUT2D eigenvalue weighted by molar-refractivity contribution is 0.264. The zero-order valence-corrected chi connectivity index (χ0v) is 19.5. The highest BCUT2D eigenvalue weighted by Crippen LogP contribution is 2.50. The Hall–Kier alpha value is -3.41. The summed E-state index contributed by atoms with van der Waals surface area (Å²) in [6.07, 6.45) is 5.78. The highest BCUT2D eigenvalue weighted by atomic mass is 35.5. The summed E-state index contributed by atoms with van der Waals surface area (Å²) in [4.78, 5) is 7.20. The Kier molecular flexibility index (Phi) is 6.22. The third-order valence-electron chi connectivity index (χ3n) is 6.60. The molecule has 34 heavy (non-hydrogen) atoms. The number of nitrogens with zero attached hydrogens (tertiary/aromatic N) is 6. The molecule has 1 aliphatic heterocycles. The van der Waals surface area contributed by atoms with Gasteiger partial charge in [0.05, 0.1) is 18.1 Å². The van der Waals surface area contributed by atoms with Crippen molar-refractivity contribution in [3.05, 3.63) is 82.4 Å². The SMILES string of the molecule is N#CNC(=NC1(c2ccccc2)CC1)N1CCC[C@@H]1c1nnc(CO)n1Cc1ccc(Cl)cc1. The van der Waals surface area contributed by atoms with Crippen LogP contribution >= 0.6 is 11.6 Å². The lowest BCUT2D eigenvalue weighted by Crippen LogP contribution is -2.40. The normalized spacial score (nSPS) is 19.1. The summed E-state index contributed by atoms with van der Waals surface area (Å²) in [5.41, 5.74) is 1.91. The first-order valence-electron chi connectivity index (χ1n) is 11.5. The van der Waals surface area contributed by atoms with Crippen LogP contribution in [-0.2, 0) is 18.7 Å². The molecule has 2 aromatic carbocycles. The number of aromatic nitrogens is 3. The maximum Gasteiger partial charge on any atom is 0.208 e. The van der Waals surface area contributed by atoms with Gasteiger partial charge in [0.25, 0.3) is 0 Å². The maximum absolute atomic E-state index is 9.91. The van der Waals surface area contributed by atoms with Crippen molar-refractivity contribution < 1.29 is 5.11 Å². The van der Waals surface area contributed by atoms with Gasteiger partial charge in [-0.1, -0.05) is 54.1 Å². The molecule has 0 radical (unpaired) electrons. The zero-order valence-electron chi connectivity index (χ0n) is 18.7. The van der Waals surface area contributed by atoms with Gasteiger partial charge in [-0.2, -0.15) is 5.26 Å². The van der Waals surface area contributed by atoms with Crippen molar-refractivity contribution in [2.75, 3.05) is 6.54 Å². The fourth-order valence-electron chi connectivity index (χ4n) is 4.69. The molecule has 1 aliphatic carbocycles. The van der Waals surface area contributed by atoms with Crippen LogP contribution in [0.4, 0.5) is 0 Å². The molecule has 5 rings (SSSR count). The van der Waals surface area contributed by atoms with E-state index in [0.29, 0.717) is 23.4 Å². The first kappa shape index (κ1) is 22.4. The van der Waals surface area contributed by atoms with Gasteiger partial charge < -0.3 is 14.6 Å². The molecule has 0 bridgehead atoms. The molecule has 0 unspecified atom stereocenters. The Labute approximate surface area is 203 Å². The molecule has 2 aliphatic rings. The van der Waals surface area contributed by atoms with Crippen LogP contribution in [0.25, 0.3) is 0 Å². The summed E-state index contributed by atoms with van der Waals surface area (Å²) >= 11 is 6.05. The van der Waals surface area contributed by atoms with Crippen LogP contribution in [-0.4, -0.2) is 37.3 Å². The molecule has 2 N–H and O–H groups in total. The second-order valence-electron chi connectivity index (χ2n) is 8.77. The first-order valence-corrected chi connectivity index (χ1v) is 11.9. The molecule has 1 saturated heterocycles. The highest BCUT2D eigenvalue weighted by Gasteiger charge is 2.46. The van der Waals surface area contributed by atoms with E-state index in [4.69, 9.17) is 16.6 Å². The second kappa shape index (κ2) is 9.45. The number of nitrogens with one attached hydrogen (secondary N) is 1. The third-order valence-corrected chi connectivity index (χ3v) is 6.85. The molecular weight excluding hydrogens is 450 g/mol. The number of aliphatic hydroxyl groups is 1. The minimum atomic E-state index is -0.291. The average Bonchev–Trinajstić information content (AvgIpc) is 3.30. The molecule has 0 amide bonds. The predicted octanol–water partition coefficient (Wildman–Crippen LogP) is 3.72. The maximum atomic E-state index is 9.91. The van der Waals surface area contributed by atoms with E-state index in [0.717, 1.165) is 49.2 Å². The number of benzene rings is 2. The number of hydrogen-bond acceptors (Lipinski definition) is 5. The van der Waals surface area contributed by atoms with Crippen LogP contribution in [0.15, 0.2) is 59.6 Å². The van der Waals surface area contributed by atoms with Crippen LogP contribution in [0.3, 0.4) is 0 Å². The standard InChI is InChI=1S/C25H26ClN7O/c26-20-10-8-18(9-11-20)15-33-22(16-34)30-31-23(33)21-7-4-14-32(21)24(28-17-27)29-25(12-13-25)19-5-2-1-3-6-19/h1-3,5-6,8-11,21,34H,4,7,12-16H2,(H,28,29)/t21-/m1/s1. The monoisotopic (exact) mass is 475 g/mol. The van der Waals surface area contributed by atoms with Crippen molar-refractivity contribution in [2.45, 2.75) is 50.4 Å². The predicted molar refractivity (Wildman–Crippen MR) is 129 cm³/mol. The molecule has 1 atom stereocenters. The molecular formula is C25H26ClN7O. The third kappa shape index (κ3) is 4.37. The van der Waals surface area contributed by atoms with E-state index < -0.39 is 0 Å². The van der Waals surface area contributed by atoms with E-state index in [9.17, 15) is 10.4 Å². The van der Waals surface area contributed by atoms with Crippen molar-refractivity contribution >= 4 is 17.6 Å². The van der Waals surface area contributed by atoms with Gasteiger partial charge in [-0.25, -0.2) is 4.99 Å². The van der Waals surface area contributed by atoms with Gasteiger partial charge in [0.2, 0.25) is 5.96 Å². The van der Waals surface area contributed by atoms with E-state index in [1.54, 1.807) is 0 Å². The number of halogens is 1. The van der Waals surface area contributed by atoms with Crippen molar-refractivity contribution in [2.24, 2.45) is 4.99 Å². The van der Waals surface area contributed by atoms with Crippen molar-refractivity contribution in [1.29, 1.82) is 5.26 Å². The average molecular weight is 476 g/mol. The second-order valence-corrected chi connectivity index (χ2v) is 9.20. The summed E-state index contributed by atoms with van der Waals surface area (Å²) in [6, 6.07) is 17.8. The fraction of sp³-hybridized carbons (Fsp3) is 0.360. The Morgan fingerprint density at radius 3 is 2.62 bits per heavy atom. The van der Waals surface area contributed by atoms with Crippen molar-refractivity contribution in [3.63, 3.8) is 0 Å². The van der Waals surface area contributed by atoms with E-state index in [2.05, 4.69) is 38.7 Å². The molecule has 2 heterocycles.